The molecular weight excluding hydrogens is 345 g/mol. The lowest BCUT2D eigenvalue weighted by atomic mass is 10.2. The number of hydrogen-bond donors (Lipinski definition) is 0. The molecule has 1 atom stereocenters. The maximum Gasteiger partial charge on any atom is 0.266 e. The van der Waals surface area contributed by atoms with E-state index in [2.05, 4.69) is 22.2 Å². The molecule has 6 heteroatoms. The molecule has 0 aliphatic carbocycles. The second kappa shape index (κ2) is 9.28. The molecule has 1 fully saturated rings. The van der Waals surface area contributed by atoms with Crippen LogP contribution in [0.4, 0.5) is 4.39 Å². The fourth-order valence-corrected chi connectivity index (χ4v) is 3.03. The van der Waals surface area contributed by atoms with Crippen molar-refractivity contribution in [1.29, 1.82) is 0 Å². The summed E-state index contributed by atoms with van der Waals surface area (Å²) in [4.78, 5) is 21.9. The first-order valence-electron chi connectivity index (χ1n) is 9.12. The number of halogens is 1. The molecule has 2 aromatic rings. The van der Waals surface area contributed by atoms with E-state index in [1.165, 1.54) is 17.8 Å². The van der Waals surface area contributed by atoms with Gasteiger partial charge in [-0.25, -0.2) is 4.39 Å². The van der Waals surface area contributed by atoms with Gasteiger partial charge in [0.1, 0.15) is 5.82 Å². The number of rotatable bonds is 6. The molecule has 2 aromatic carbocycles. The lowest BCUT2D eigenvalue weighted by Gasteiger charge is -2.35. The van der Waals surface area contributed by atoms with Crippen LogP contribution in [0.1, 0.15) is 18.1 Å². The van der Waals surface area contributed by atoms with Crippen LogP contribution in [0.2, 0.25) is 0 Å². The Hall–Kier alpha value is -2.73. The van der Waals surface area contributed by atoms with Gasteiger partial charge in [-0.1, -0.05) is 53.7 Å². The Morgan fingerprint density at radius 1 is 1.11 bits per heavy atom. The average Bonchev–Trinajstić information content (AvgIpc) is 2.70. The van der Waals surface area contributed by atoms with Gasteiger partial charge in [0.05, 0.1) is 6.21 Å². The van der Waals surface area contributed by atoms with E-state index >= 15 is 0 Å². The molecule has 142 valence electrons. The number of carbonyl (C=O) groups excluding carboxylic acids is 1. The Morgan fingerprint density at radius 2 is 1.78 bits per heavy atom. The van der Waals surface area contributed by atoms with Crippen molar-refractivity contribution in [1.82, 2.24) is 9.80 Å². The van der Waals surface area contributed by atoms with Crippen LogP contribution >= 0.6 is 0 Å². The van der Waals surface area contributed by atoms with Gasteiger partial charge in [0.25, 0.3) is 5.91 Å². The van der Waals surface area contributed by atoms with Crippen molar-refractivity contribution >= 4 is 12.1 Å². The van der Waals surface area contributed by atoms with Gasteiger partial charge < -0.3 is 9.74 Å². The molecule has 0 N–H and O–H groups in total. The maximum atomic E-state index is 13.5. The lowest BCUT2D eigenvalue weighted by molar-refractivity contribution is -0.144. The van der Waals surface area contributed by atoms with E-state index in [1.54, 1.807) is 30.0 Å². The first-order valence-corrected chi connectivity index (χ1v) is 9.12. The molecule has 3 rings (SSSR count). The van der Waals surface area contributed by atoms with Crippen molar-refractivity contribution in [2.24, 2.45) is 5.16 Å². The van der Waals surface area contributed by atoms with Crippen molar-refractivity contribution in [2.45, 2.75) is 19.6 Å². The predicted octanol–water partition coefficient (Wildman–Crippen LogP) is 2.91. The highest BCUT2D eigenvalue weighted by molar-refractivity contribution is 5.81. The highest BCUT2D eigenvalue weighted by Gasteiger charge is 2.26. The van der Waals surface area contributed by atoms with Gasteiger partial charge in [0.2, 0.25) is 6.10 Å². The number of amides is 1. The molecule has 0 bridgehead atoms. The number of nitrogens with zero attached hydrogens (tertiary/aromatic N) is 3. The number of piperazine rings is 1. The third-order valence-corrected chi connectivity index (χ3v) is 4.60. The zero-order chi connectivity index (χ0) is 19.1. The van der Waals surface area contributed by atoms with Crippen LogP contribution < -0.4 is 0 Å². The Bertz CT molecular complexity index is 774. The highest BCUT2D eigenvalue weighted by atomic mass is 19.1. The van der Waals surface area contributed by atoms with Crippen LogP contribution in [0.3, 0.4) is 0 Å². The van der Waals surface area contributed by atoms with E-state index in [4.69, 9.17) is 4.84 Å². The summed E-state index contributed by atoms with van der Waals surface area (Å²) in [6, 6.07) is 16.6. The zero-order valence-electron chi connectivity index (χ0n) is 15.4. The summed E-state index contributed by atoms with van der Waals surface area (Å²) in [5.74, 6) is -0.474. The molecular formula is C21H24FN3O2. The van der Waals surface area contributed by atoms with Gasteiger partial charge in [0, 0.05) is 38.3 Å². The molecule has 1 saturated heterocycles. The minimum absolute atomic E-state index is 0.0972. The Balaban J connectivity index is 1.45. The largest absolute Gasteiger partial charge is 0.383 e. The summed E-state index contributed by atoms with van der Waals surface area (Å²) in [5, 5.41) is 3.77. The van der Waals surface area contributed by atoms with Crippen molar-refractivity contribution < 1.29 is 14.0 Å². The summed E-state index contributed by atoms with van der Waals surface area (Å²) >= 11 is 0. The SMILES string of the molecule is C[C@@H](O/N=C\c1ccccc1F)C(=O)N1CCN(Cc2ccccc2)CC1. The monoisotopic (exact) mass is 369 g/mol. The molecule has 1 heterocycles. The van der Waals surface area contributed by atoms with E-state index in [1.807, 2.05) is 18.2 Å². The van der Waals surface area contributed by atoms with E-state index in [-0.39, 0.29) is 11.7 Å². The minimum Gasteiger partial charge on any atom is -0.383 e. The van der Waals surface area contributed by atoms with Crippen molar-refractivity contribution in [3.8, 4) is 0 Å². The lowest BCUT2D eigenvalue weighted by Crippen LogP contribution is -2.50. The summed E-state index contributed by atoms with van der Waals surface area (Å²) in [6.45, 7) is 5.53. The van der Waals surface area contributed by atoms with Crippen LogP contribution in [0.25, 0.3) is 0 Å². The summed E-state index contributed by atoms with van der Waals surface area (Å²) < 4.78 is 13.5. The number of oxime groups is 1. The molecule has 27 heavy (non-hydrogen) atoms. The second-order valence-corrected chi connectivity index (χ2v) is 6.59. The topological polar surface area (TPSA) is 45.1 Å². The fourth-order valence-electron chi connectivity index (χ4n) is 3.03. The number of hydrogen-bond acceptors (Lipinski definition) is 4. The van der Waals surface area contributed by atoms with Gasteiger partial charge in [-0.3, -0.25) is 9.69 Å². The molecule has 0 spiro atoms. The Kier molecular flexibility index (Phi) is 6.54. The van der Waals surface area contributed by atoms with Gasteiger partial charge in [-0.05, 0) is 18.6 Å². The molecule has 0 aromatic heterocycles. The van der Waals surface area contributed by atoms with Crippen LogP contribution in [-0.2, 0) is 16.2 Å². The number of benzene rings is 2. The fraction of sp³-hybridized carbons (Fsp3) is 0.333. The van der Waals surface area contributed by atoms with Crippen LogP contribution in [-0.4, -0.2) is 54.2 Å². The van der Waals surface area contributed by atoms with E-state index in [0.29, 0.717) is 18.7 Å². The first-order chi connectivity index (χ1) is 13.1. The third-order valence-electron chi connectivity index (χ3n) is 4.60. The molecule has 5 nitrogen and oxygen atoms in total. The summed E-state index contributed by atoms with van der Waals surface area (Å²) in [5.41, 5.74) is 1.60. The van der Waals surface area contributed by atoms with Crippen LogP contribution in [0, 0.1) is 5.82 Å². The van der Waals surface area contributed by atoms with Crippen molar-refractivity contribution in [2.75, 3.05) is 26.2 Å². The molecule has 0 radical (unpaired) electrons. The Labute approximate surface area is 159 Å². The standard InChI is InChI=1S/C21H24FN3O2/c1-17(27-23-15-19-9-5-6-10-20(19)22)21(26)25-13-11-24(12-14-25)16-18-7-3-2-4-8-18/h2-10,15,17H,11-14,16H2,1H3/b23-15-/t17-/m1/s1. The van der Waals surface area contributed by atoms with Crippen LogP contribution in [0.5, 0.6) is 0 Å². The molecule has 1 aliphatic rings. The normalized spacial score (nSPS) is 16.4. The molecule has 0 saturated carbocycles. The molecule has 1 amide bonds. The molecule has 1 aliphatic heterocycles. The van der Waals surface area contributed by atoms with Crippen molar-refractivity contribution in [3.63, 3.8) is 0 Å². The predicted molar refractivity (Wildman–Crippen MR) is 103 cm³/mol. The van der Waals surface area contributed by atoms with Crippen molar-refractivity contribution in [3.05, 3.63) is 71.5 Å². The van der Waals surface area contributed by atoms with Gasteiger partial charge in [0.15, 0.2) is 0 Å². The maximum absolute atomic E-state index is 13.5. The van der Waals surface area contributed by atoms with E-state index in [0.717, 1.165) is 19.6 Å². The number of carbonyl (C=O) groups is 1. The van der Waals surface area contributed by atoms with Crippen LogP contribution in [0.15, 0.2) is 59.8 Å². The quantitative estimate of drug-likeness (QED) is 0.581. The van der Waals surface area contributed by atoms with Gasteiger partial charge in [-0.2, -0.15) is 0 Å². The summed E-state index contributed by atoms with van der Waals surface area (Å²) in [7, 11) is 0. The summed E-state index contributed by atoms with van der Waals surface area (Å²) in [6.07, 6.45) is 0.588. The first kappa shape index (κ1) is 19.0. The van der Waals surface area contributed by atoms with Gasteiger partial charge >= 0.3 is 0 Å². The smallest absolute Gasteiger partial charge is 0.266 e. The zero-order valence-corrected chi connectivity index (χ0v) is 15.4. The van der Waals surface area contributed by atoms with E-state index < -0.39 is 6.10 Å². The average molecular weight is 369 g/mol. The third kappa shape index (κ3) is 5.37. The molecule has 0 unspecified atom stereocenters. The van der Waals surface area contributed by atoms with E-state index in [9.17, 15) is 9.18 Å². The van der Waals surface area contributed by atoms with Gasteiger partial charge in [-0.15, -0.1) is 0 Å². The second-order valence-electron chi connectivity index (χ2n) is 6.59. The highest BCUT2D eigenvalue weighted by Crippen LogP contribution is 2.10. The minimum atomic E-state index is -0.700. The Morgan fingerprint density at radius 3 is 2.48 bits per heavy atom.